The van der Waals surface area contributed by atoms with Gasteiger partial charge in [-0.25, -0.2) is 18.5 Å². The SMILES string of the molecule is CC(=O)Nc1ccc(N2C(=O)CC(N(CCc3ccc(S(N)(=O)=O)cc3)C(=O)C3CCCCC3)C2=O)cc1. The van der Waals surface area contributed by atoms with Crippen molar-refractivity contribution in [2.75, 3.05) is 16.8 Å². The fourth-order valence-electron chi connectivity index (χ4n) is 5.13. The van der Waals surface area contributed by atoms with Gasteiger partial charge in [0.25, 0.3) is 5.91 Å². The lowest BCUT2D eigenvalue weighted by Crippen LogP contribution is -2.48. The Balaban J connectivity index is 1.55. The summed E-state index contributed by atoms with van der Waals surface area (Å²) < 4.78 is 23.1. The largest absolute Gasteiger partial charge is 0.330 e. The highest BCUT2D eigenvalue weighted by atomic mass is 32.2. The van der Waals surface area contributed by atoms with Crippen molar-refractivity contribution in [3.63, 3.8) is 0 Å². The van der Waals surface area contributed by atoms with Crippen molar-refractivity contribution < 1.29 is 27.6 Å². The first-order valence-electron chi connectivity index (χ1n) is 12.7. The lowest BCUT2D eigenvalue weighted by atomic mass is 9.87. The number of amides is 4. The third-order valence-corrected chi connectivity index (χ3v) is 8.00. The maximum Gasteiger partial charge on any atom is 0.257 e. The fraction of sp³-hybridized carbons (Fsp3) is 0.407. The van der Waals surface area contributed by atoms with Crippen molar-refractivity contribution >= 4 is 45.0 Å². The van der Waals surface area contributed by atoms with Crippen molar-refractivity contribution in [3.8, 4) is 0 Å². The van der Waals surface area contributed by atoms with Gasteiger partial charge in [0.15, 0.2) is 0 Å². The van der Waals surface area contributed by atoms with Crippen molar-refractivity contribution in [1.82, 2.24) is 4.90 Å². The number of benzene rings is 2. The molecular formula is C27H32N4O6S. The number of nitrogens with zero attached hydrogens (tertiary/aromatic N) is 2. The number of nitrogens with one attached hydrogen (secondary N) is 1. The molecule has 38 heavy (non-hydrogen) atoms. The van der Waals surface area contributed by atoms with E-state index < -0.39 is 27.9 Å². The van der Waals surface area contributed by atoms with Gasteiger partial charge in [0.2, 0.25) is 27.7 Å². The first-order valence-corrected chi connectivity index (χ1v) is 14.3. The number of hydrogen-bond acceptors (Lipinski definition) is 6. The summed E-state index contributed by atoms with van der Waals surface area (Å²) in [5.41, 5.74) is 1.70. The number of nitrogens with two attached hydrogens (primary N) is 1. The van der Waals surface area contributed by atoms with Crippen molar-refractivity contribution in [3.05, 3.63) is 54.1 Å². The van der Waals surface area contributed by atoms with Crippen molar-refractivity contribution in [2.45, 2.75) is 62.8 Å². The van der Waals surface area contributed by atoms with E-state index in [1.54, 1.807) is 36.4 Å². The van der Waals surface area contributed by atoms with Crippen LogP contribution in [0.4, 0.5) is 11.4 Å². The van der Waals surface area contributed by atoms with Crippen LogP contribution in [-0.2, 0) is 35.6 Å². The molecular weight excluding hydrogens is 508 g/mol. The Hall–Kier alpha value is -3.57. The van der Waals surface area contributed by atoms with Gasteiger partial charge in [-0.3, -0.25) is 19.2 Å². The van der Waals surface area contributed by atoms with Crippen molar-refractivity contribution in [1.29, 1.82) is 0 Å². The van der Waals surface area contributed by atoms with E-state index in [0.29, 0.717) is 17.8 Å². The molecule has 2 aromatic rings. The van der Waals surface area contributed by atoms with Crippen LogP contribution in [0, 0.1) is 5.92 Å². The summed E-state index contributed by atoms with van der Waals surface area (Å²) in [4.78, 5) is 54.1. The van der Waals surface area contributed by atoms with Gasteiger partial charge in [-0.2, -0.15) is 0 Å². The van der Waals surface area contributed by atoms with Gasteiger partial charge in [-0.15, -0.1) is 0 Å². The van der Waals surface area contributed by atoms with Gasteiger partial charge < -0.3 is 10.2 Å². The molecule has 0 bridgehead atoms. The summed E-state index contributed by atoms with van der Waals surface area (Å²) in [5, 5.41) is 7.83. The number of rotatable bonds is 8. The number of primary sulfonamides is 1. The van der Waals surface area contributed by atoms with Crippen LogP contribution in [0.1, 0.15) is 51.0 Å². The molecule has 1 aliphatic heterocycles. The highest BCUT2D eigenvalue weighted by Crippen LogP contribution is 2.31. The first-order chi connectivity index (χ1) is 18.0. The highest BCUT2D eigenvalue weighted by molar-refractivity contribution is 7.89. The zero-order valence-electron chi connectivity index (χ0n) is 21.3. The van der Waals surface area contributed by atoms with Crippen LogP contribution in [0.2, 0.25) is 0 Å². The van der Waals surface area contributed by atoms with Gasteiger partial charge in [0.05, 0.1) is 17.0 Å². The minimum Gasteiger partial charge on any atom is -0.330 e. The Labute approximate surface area is 222 Å². The first kappa shape index (κ1) is 27.5. The lowest BCUT2D eigenvalue weighted by molar-refractivity contribution is -0.142. The minimum absolute atomic E-state index is 0.00637. The molecule has 1 heterocycles. The maximum absolute atomic E-state index is 13.6. The molecule has 10 nitrogen and oxygen atoms in total. The molecule has 1 unspecified atom stereocenters. The number of hydrogen-bond donors (Lipinski definition) is 2. The van der Waals surface area contributed by atoms with Crippen LogP contribution >= 0.6 is 0 Å². The Kier molecular flexibility index (Phi) is 8.27. The second-order valence-corrected chi connectivity index (χ2v) is 11.4. The summed E-state index contributed by atoms with van der Waals surface area (Å²) >= 11 is 0. The third-order valence-electron chi connectivity index (χ3n) is 7.08. The van der Waals surface area contributed by atoms with Gasteiger partial charge in [0, 0.05) is 25.1 Å². The zero-order chi connectivity index (χ0) is 27.4. The quantitative estimate of drug-likeness (QED) is 0.492. The highest BCUT2D eigenvalue weighted by Gasteiger charge is 2.45. The molecule has 1 aliphatic carbocycles. The van der Waals surface area contributed by atoms with Gasteiger partial charge in [0.1, 0.15) is 6.04 Å². The Morgan fingerprint density at radius 1 is 1.00 bits per heavy atom. The smallest absolute Gasteiger partial charge is 0.257 e. The van der Waals surface area contributed by atoms with E-state index >= 15 is 0 Å². The molecule has 0 radical (unpaired) electrons. The molecule has 2 aromatic carbocycles. The topological polar surface area (TPSA) is 147 Å². The summed E-state index contributed by atoms with van der Waals surface area (Å²) in [6.07, 6.45) is 4.74. The fourth-order valence-corrected chi connectivity index (χ4v) is 5.64. The van der Waals surface area contributed by atoms with Crippen molar-refractivity contribution in [2.24, 2.45) is 11.1 Å². The van der Waals surface area contributed by atoms with Crippen LogP contribution in [0.15, 0.2) is 53.4 Å². The predicted octanol–water partition coefficient (Wildman–Crippen LogP) is 2.58. The lowest BCUT2D eigenvalue weighted by Gasteiger charge is -2.32. The minimum atomic E-state index is -3.82. The van der Waals surface area contributed by atoms with Crippen LogP contribution in [0.5, 0.6) is 0 Å². The second-order valence-electron chi connectivity index (χ2n) is 9.82. The average molecular weight is 541 g/mol. The Morgan fingerprint density at radius 2 is 1.63 bits per heavy atom. The third kappa shape index (κ3) is 6.28. The predicted molar refractivity (Wildman–Crippen MR) is 141 cm³/mol. The molecule has 0 aromatic heterocycles. The molecule has 1 atom stereocenters. The molecule has 3 N–H and O–H groups in total. The Morgan fingerprint density at radius 3 is 2.21 bits per heavy atom. The average Bonchev–Trinajstić information content (AvgIpc) is 3.18. The Bertz CT molecular complexity index is 1320. The van der Waals surface area contributed by atoms with Gasteiger partial charge in [-0.1, -0.05) is 31.4 Å². The van der Waals surface area contributed by atoms with E-state index in [9.17, 15) is 27.6 Å². The van der Waals surface area contributed by atoms with Crippen LogP contribution < -0.4 is 15.4 Å². The standard InChI is InChI=1S/C27H32N4O6S/c1-18(32)29-21-9-11-22(12-10-21)31-25(33)17-24(27(31)35)30(26(34)20-5-3-2-4-6-20)16-15-19-7-13-23(14-8-19)38(28,36)37/h7-14,20,24H,2-6,15-17H2,1H3,(H,29,32)(H2,28,36,37). The molecule has 11 heteroatoms. The van der Waals surface area contributed by atoms with E-state index in [-0.39, 0.29) is 35.6 Å². The molecule has 1 saturated heterocycles. The molecule has 4 amide bonds. The number of carbonyl (C=O) groups excluding carboxylic acids is 4. The summed E-state index contributed by atoms with van der Waals surface area (Å²) in [5.74, 6) is -1.41. The van der Waals surface area contributed by atoms with Gasteiger partial charge >= 0.3 is 0 Å². The monoisotopic (exact) mass is 540 g/mol. The summed E-state index contributed by atoms with van der Waals surface area (Å²) in [7, 11) is -3.82. The number of sulfonamides is 1. The van der Waals surface area contributed by atoms with E-state index in [1.807, 2.05) is 0 Å². The molecule has 2 fully saturated rings. The van der Waals surface area contributed by atoms with E-state index in [2.05, 4.69) is 5.32 Å². The van der Waals surface area contributed by atoms with Crippen LogP contribution in [-0.4, -0.2) is 49.5 Å². The molecule has 0 spiro atoms. The molecule has 4 rings (SSSR count). The normalized spacial score (nSPS) is 18.5. The van der Waals surface area contributed by atoms with E-state index in [0.717, 1.165) is 42.6 Å². The second kappa shape index (κ2) is 11.4. The van der Waals surface area contributed by atoms with Gasteiger partial charge in [-0.05, 0) is 61.2 Å². The number of imide groups is 1. The van der Waals surface area contributed by atoms with E-state index in [1.165, 1.54) is 24.0 Å². The maximum atomic E-state index is 13.6. The van der Waals surface area contributed by atoms with Crippen LogP contribution in [0.25, 0.3) is 0 Å². The zero-order valence-corrected chi connectivity index (χ0v) is 22.1. The van der Waals surface area contributed by atoms with E-state index in [4.69, 9.17) is 5.14 Å². The molecule has 202 valence electrons. The number of carbonyl (C=O) groups is 4. The molecule has 1 saturated carbocycles. The summed E-state index contributed by atoms with van der Waals surface area (Å²) in [6, 6.07) is 11.6. The summed E-state index contributed by atoms with van der Waals surface area (Å²) in [6.45, 7) is 1.60. The number of anilines is 2. The van der Waals surface area contributed by atoms with Crippen LogP contribution in [0.3, 0.4) is 0 Å². The molecule has 2 aliphatic rings.